The van der Waals surface area contributed by atoms with E-state index in [1.807, 2.05) is 6.07 Å². The average Bonchev–Trinajstić information content (AvgIpc) is 2.63. The third-order valence-corrected chi connectivity index (χ3v) is 2.89. The maximum absolute atomic E-state index is 10.7. The molecule has 1 aliphatic rings. The first-order valence-electron chi connectivity index (χ1n) is 5.13. The van der Waals surface area contributed by atoms with Crippen LogP contribution >= 0.6 is 0 Å². The molecule has 0 saturated heterocycles. The number of phenols is 1. The fourth-order valence-corrected chi connectivity index (χ4v) is 2.08. The van der Waals surface area contributed by atoms with Crippen LogP contribution in [0.4, 0.5) is 5.69 Å². The maximum Gasteiger partial charge on any atom is 0.320 e. The second kappa shape index (κ2) is 4.02. The number of fused-ring (bicyclic) bond motifs is 1. The first-order valence-corrected chi connectivity index (χ1v) is 5.13. The van der Waals surface area contributed by atoms with Crippen molar-refractivity contribution in [2.45, 2.75) is 18.4 Å². The van der Waals surface area contributed by atoms with E-state index in [-0.39, 0.29) is 11.7 Å². The molecule has 1 heterocycles. The number of nitrogens with two attached hydrogens (primary N) is 1. The van der Waals surface area contributed by atoms with Crippen molar-refractivity contribution in [1.82, 2.24) is 0 Å². The van der Waals surface area contributed by atoms with Gasteiger partial charge in [0.25, 0.3) is 0 Å². The lowest BCUT2D eigenvalue weighted by Gasteiger charge is -2.14. The second-order valence-corrected chi connectivity index (χ2v) is 4.00. The Bertz CT molecular complexity index is 420. The van der Waals surface area contributed by atoms with E-state index in [4.69, 9.17) is 10.8 Å². The van der Waals surface area contributed by atoms with Gasteiger partial charge in [-0.3, -0.25) is 4.79 Å². The van der Waals surface area contributed by atoms with Gasteiger partial charge in [-0.05, 0) is 18.6 Å². The largest absolute Gasteiger partial charge is 0.508 e. The molecule has 5 nitrogen and oxygen atoms in total. The van der Waals surface area contributed by atoms with Gasteiger partial charge in [-0.1, -0.05) is 6.07 Å². The van der Waals surface area contributed by atoms with Crippen molar-refractivity contribution >= 4 is 11.7 Å². The van der Waals surface area contributed by atoms with Crippen LogP contribution in [-0.2, 0) is 4.79 Å². The molecule has 2 unspecified atom stereocenters. The molecule has 86 valence electrons. The SMILES string of the molecule is NC(CC1CNc2cccc(O)c21)C(=O)O. The molecule has 0 bridgehead atoms. The summed E-state index contributed by atoms with van der Waals surface area (Å²) < 4.78 is 0. The Morgan fingerprint density at radius 3 is 3.06 bits per heavy atom. The zero-order valence-corrected chi connectivity index (χ0v) is 8.68. The van der Waals surface area contributed by atoms with Gasteiger partial charge in [0.2, 0.25) is 0 Å². The first kappa shape index (κ1) is 10.8. The van der Waals surface area contributed by atoms with Crippen molar-refractivity contribution in [2.24, 2.45) is 5.73 Å². The Kier molecular flexibility index (Phi) is 2.70. The van der Waals surface area contributed by atoms with Gasteiger partial charge in [0.05, 0.1) is 0 Å². The minimum atomic E-state index is -1.01. The van der Waals surface area contributed by atoms with Gasteiger partial charge in [0.1, 0.15) is 11.8 Å². The number of carboxylic acids is 1. The summed E-state index contributed by atoms with van der Waals surface area (Å²) in [4.78, 5) is 10.7. The van der Waals surface area contributed by atoms with E-state index in [1.54, 1.807) is 12.1 Å². The van der Waals surface area contributed by atoms with Crippen molar-refractivity contribution in [3.63, 3.8) is 0 Å². The predicted molar refractivity (Wildman–Crippen MR) is 59.6 cm³/mol. The smallest absolute Gasteiger partial charge is 0.320 e. The van der Waals surface area contributed by atoms with E-state index in [1.165, 1.54) is 0 Å². The summed E-state index contributed by atoms with van der Waals surface area (Å²) in [5, 5.41) is 21.6. The molecule has 0 radical (unpaired) electrons. The van der Waals surface area contributed by atoms with E-state index < -0.39 is 12.0 Å². The molecular weight excluding hydrogens is 208 g/mol. The fraction of sp³-hybridized carbons (Fsp3) is 0.364. The molecule has 16 heavy (non-hydrogen) atoms. The van der Waals surface area contributed by atoms with Crippen molar-refractivity contribution in [1.29, 1.82) is 0 Å². The Hall–Kier alpha value is -1.75. The van der Waals surface area contributed by atoms with Gasteiger partial charge in [0.15, 0.2) is 0 Å². The summed E-state index contributed by atoms with van der Waals surface area (Å²) in [5.41, 5.74) is 7.14. The molecule has 0 fully saturated rings. The topological polar surface area (TPSA) is 95.6 Å². The van der Waals surface area contributed by atoms with E-state index >= 15 is 0 Å². The molecule has 0 aromatic heterocycles. The van der Waals surface area contributed by atoms with Crippen LogP contribution in [0, 0.1) is 0 Å². The molecule has 0 saturated carbocycles. The Morgan fingerprint density at radius 1 is 1.62 bits per heavy atom. The molecule has 5 N–H and O–H groups in total. The molecule has 1 aromatic rings. The Morgan fingerprint density at radius 2 is 2.38 bits per heavy atom. The standard InChI is InChI=1S/C11H14N2O3/c12-7(11(15)16)4-6-5-13-8-2-1-3-9(14)10(6)8/h1-3,6-7,13-14H,4-5,12H2,(H,15,16). The summed E-state index contributed by atoms with van der Waals surface area (Å²) in [6.07, 6.45) is 0.326. The van der Waals surface area contributed by atoms with Crippen LogP contribution in [0.25, 0.3) is 0 Å². The highest BCUT2D eigenvalue weighted by Gasteiger charge is 2.28. The molecule has 0 spiro atoms. The van der Waals surface area contributed by atoms with Gasteiger partial charge in [-0.15, -0.1) is 0 Å². The van der Waals surface area contributed by atoms with E-state index in [9.17, 15) is 9.90 Å². The molecule has 5 heteroatoms. The number of carbonyl (C=O) groups is 1. The van der Waals surface area contributed by atoms with Crippen LogP contribution in [0.15, 0.2) is 18.2 Å². The summed E-state index contributed by atoms with van der Waals surface area (Å²) in [6.45, 7) is 0.619. The van der Waals surface area contributed by atoms with Crippen LogP contribution in [0.1, 0.15) is 17.9 Å². The number of aromatic hydroxyl groups is 1. The highest BCUT2D eigenvalue weighted by molar-refractivity contribution is 5.73. The van der Waals surface area contributed by atoms with Crippen molar-refractivity contribution in [3.05, 3.63) is 23.8 Å². The van der Waals surface area contributed by atoms with Gasteiger partial charge in [-0.2, -0.15) is 0 Å². The average molecular weight is 222 g/mol. The molecule has 1 aromatic carbocycles. The van der Waals surface area contributed by atoms with Gasteiger partial charge in [-0.25, -0.2) is 0 Å². The van der Waals surface area contributed by atoms with E-state index in [2.05, 4.69) is 5.32 Å². The fourth-order valence-electron chi connectivity index (χ4n) is 2.08. The number of anilines is 1. The highest BCUT2D eigenvalue weighted by Crippen LogP contribution is 2.39. The lowest BCUT2D eigenvalue weighted by atomic mass is 9.93. The zero-order valence-electron chi connectivity index (χ0n) is 8.68. The number of nitrogens with one attached hydrogen (secondary N) is 1. The number of benzene rings is 1. The monoisotopic (exact) mass is 222 g/mol. The van der Waals surface area contributed by atoms with Crippen LogP contribution in [-0.4, -0.2) is 28.8 Å². The van der Waals surface area contributed by atoms with Crippen LogP contribution in [0.2, 0.25) is 0 Å². The van der Waals surface area contributed by atoms with Crippen LogP contribution in [0.5, 0.6) is 5.75 Å². The molecular formula is C11H14N2O3. The maximum atomic E-state index is 10.7. The van der Waals surface area contributed by atoms with E-state index in [0.717, 1.165) is 11.3 Å². The Labute approximate surface area is 92.9 Å². The summed E-state index contributed by atoms with van der Waals surface area (Å²) in [6, 6.07) is 4.32. The van der Waals surface area contributed by atoms with Gasteiger partial charge in [0, 0.05) is 23.7 Å². The second-order valence-electron chi connectivity index (χ2n) is 4.00. The quantitative estimate of drug-likeness (QED) is 0.604. The minimum Gasteiger partial charge on any atom is -0.508 e. The number of rotatable bonds is 3. The van der Waals surface area contributed by atoms with E-state index in [0.29, 0.717) is 13.0 Å². The number of phenolic OH excluding ortho intramolecular Hbond substituents is 1. The van der Waals surface area contributed by atoms with Crippen LogP contribution in [0.3, 0.4) is 0 Å². The molecule has 2 rings (SSSR count). The molecule has 2 atom stereocenters. The Balaban J connectivity index is 2.20. The van der Waals surface area contributed by atoms with Crippen molar-refractivity contribution in [2.75, 3.05) is 11.9 Å². The van der Waals surface area contributed by atoms with Crippen LogP contribution < -0.4 is 11.1 Å². The predicted octanol–water partition coefficient (Wildman–Crippen LogP) is 0.703. The summed E-state index contributed by atoms with van der Waals surface area (Å²) in [5.74, 6) is -0.851. The van der Waals surface area contributed by atoms with Gasteiger partial charge >= 0.3 is 5.97 Å². The minimum absolute atomic E-state index is 0.0395. The lowest BCUT2D eigenvalue weighted by Crippen LogP contribution is -2.32. The number of hydrogen-bond donors (Lipinski definition) is 4. The summed E-state index contributed by atoms with van der Waals surface area (Å²) in [7, 11) is 0. The number of carboxylic acid groups (broad SMARTS) is 1. The summed E-state index contributed by atoms with van der Waals surface area (Å²) >= 11 is 0. The van der Waals surface area contributed by atoms with Gasteiger partial charge < -0.3 is 21.3 Å². The first-order chi connectivity index (χ1) is 7.59. The number of aliphatic carboxylic acids is 1. The number of hydrogen-bond acceptors (Lipinski definition) is 4. The van der Waals surface area contributed by atoms with Crippen molar-refractivity contribution in [3.8, 4) is 5.75 Å². The molecule has 0 amide bonds. The third kappa shape index (κ3) is 1.81. The highest BCUT2D eigenvalue weighted by atomic mass is 16.4. The third-order valence-electron chi connectivity index (χ3n) is 2.89. The van der Waals surface area contributed by atoms with Crippen molar-refractivity contribution < 1.29 is 15.0 Å². The molecule has 1 aliphatic heterocycles. The lowest BCUT2D eigenvalue weighted by molar-refractivity contribution is -0.138. The molecule has 0 aliphatic carbocycles. The zero-order chi connectivity index (χ0) is 11.7. The normalized spacial score (nSPS) is 19.9.